The van der Waals surface area contributed by atoms with Gasteiger partial charge in [-0.3, -0.25) is 9.69 Å². The lowest BCUT2D eigenvalue weighted by Crippen LogP contribution is -2.31. The normalized spacial score (nSPS) is 16.0. The number of thiocarbonyl (C=S) groups is 1. The third kappa shape index (κ3) is 4.22. The fraction of sp³-hybridized carbons (Fsp3) is 0.250. The molecule has 1 saturated heterocycles. The predicted molar refractivity (Wildman–Crippen MR) is 103 cm³/mol. The number of carbonyl (C=O) groups is 1. The lowest BCUT2D eigenvalue weighted by atomic mass is 10.2. The van der Waals surface area contributed by atoms with E-state index in [1.54, 1.807) is 17.1 Å². The Morgan fingerprint density at radius 1 is 1.39 bits per heavy atom. The van der Waals surface area contributed by atoms with Crippen molar-refractivity contribution in [1.82, 2.24) is 10.2 Å². The summed E-state index contributed by atoms with van der Waals surface area (Å²) >= 11 is 12.2. The minimum Gasteiger partial charge on any atom is -0.487 e. The Hall–Kier alpha value is -1.18. The number of carbonyl (C=O) groups excluding carboxylic acids is 1. The third-order valence-electron chi connectivity index (χ3n) is 3.09. The number of hydrogen-bond acceptors (Lipinski definition) is 3. The van der Waals surface area contributed by atoms with Crippen molar-refractivity contribution >= 4 is 61.2 Å². The number of amides is 1. The van der Waals surface area contributed by atoms with Crippen molar-refractivity contribution in [2.24, 2.45) is 0 Å². The average molecular weight is 460 g/mol. The first kappa shape index (κ1) is 18.2. The van der Waals surface area contributed by atoms with Crippen molar-refractivity contribution in [3.8, 4) is 5.75 Å². The zero-order chi connectivity index (χ0) is 17.0. The van der Waals surface area contributed by atoms with Gasteiger partial charge in [0.1, 0.15) is 18.1 Å². The summed E-state index contributed by atoms with van der Waals surface area (Å²) in [5.41, 5.74) is 1.33. The number of hydrogen-bond donors (Lipinski definition) is 1. The molecule has 1 aliphatic rings. The number of ether oxygens (including phenoxy) is 1. The van der Waals surface area contributed by atoms with E-state index >= 15 is 0 Å². The van der Waals surface area contributed by atoms with Crippen molar-refractivity contribution < 1.29 is 9.53 Å². The third-order valence-corrected chi connectivity index (χ3v) is 4.59. The van der Waals surface area contributed by atoms with Crippen molar-refractivity contribution in [1.29, 1.82) is 0 Å². The summed E-state index contributed by atoms with van der Waals surface area (Å²) in [5, 5.41) is 3.42. The standard InChI is InChI=1S/C16H16Br2N2O2S/c1-3-5-20-15(21)13(19-16(20)23)9-10-7-11(17)14(12(18)8-10)22-6-4-2/h4,7-9H,2-3,5-6H2,1H3,(H,19,23)/b13-9-. The van der Waals surface area contributed by atoms with Gasteiger partial charge in [0.2, 0.25) is 0 Å². The molecule has 0 saturated carbocycles. The fourth-order valence-corrected chi connectivity index (χ4v) is 3.84. The fourth-order valence-electron chi connectivity index (χ4n) is 2.11. The highest BCUT2D eigenvalue weighted by atomic mass is 79.9. The Balaban J connectivity index is 2.28. The van der Waals surface area contributed by atoms with E-state index in [0.717, 1.165) is 20.9 Å². The summed E-state index contributed by atoms with van der Waals surface area (Å²) < 4.78 is 7.17. The van der Waals surface area contributed by atoms with Gasteiger partial charge in [0.15, 0.2) is 5.11 Å². The van der Waals surface area contributed by atoms with Crippen LogP contribution in [0.4, 0.5) is 0 Å². The van der Waals surface area contributed by atoms with Gasteiger partial charge in [-0.2, -0.15) is 0 Å². The zero-order valence-electron chi connectivity index (χ0n) is 12.6. The van der Waals surface area contributed by atoms with Gasteiger partial charge >= 0.3 is 0 Å². The molecule has 0 aliphatic carbocycles. The average Bonchev–Trinajstić information content (AvgIpc) is 2.74. The van der Waals surface area contributed by atoms with Crippen molar-refractivity contribution in [2.45, 2.75) is 13.3 Å². The number of benzene rings is 1. The van der Waals surface area contributed by atoms with Crippen molar-refractivity contribution in [2.75, 3.05) is 13.2 Å². The predicted octanol–water partition coefficient (Wildman–Crippen LogP) is 4.24. The summed E-state index contributed by atoms with van der Waals surface area (Å²) in [5.74, 6) is 0.594. The molecule has 0 radical (unpaired) electrons. The van der Waals surface area contributed by atoms with E-state index in [4.69, 9.17) is 17.0 Å². The number of rotatable bonds is 6. The first-order valence-corrected chi connectivity index (χ1v) is 9.04. The van der Waals surface area contributed by atoms with Crippen LogP contribution < -0.4 is 10.1 Å². The molecule has 1 amide bonds. The maximum Gasteiger partial charge on any atom is 0.276 e. The molecule has 23 heavy (non-hydrogen) atoms. The van der Waals surface area contributed by atoms with Gasteiger partial charge in [0.05, 0.1) is 8.95 Å². The molecule has 4 nitrogen and oxygen atoms in total. The lowest BCUT2D eigenvalue weighted by molar-refractivity contribution is -0.122. The highest BCUT2D eigenvalue weighted by molar-refractivity contribution is 9.11. The SMILES string of the molecule is C=CCOc1c(Br)cc(/C=C2\NC(=S)N(CCC)C2=O)cc1Br. The van der Waals surface area contributed by atoms with Crippen LogP contribution in [-0.2, 0) is 4.79 Å². The number of nitrogens with zero attached hydrogens (tertiary/aromatic N) is 1. The zero-order valence-corrected chi connectivity index (χ0v) is 16.6. The van der Waals surface area contributed by atoms with Gasteiger partial charge in [-0.05, 0) is 74.3 Å². The van der Waals surface area contributed by atoms with Gasteiger partial charge < -0.3 is 10.1 Å². The van der Waals surface area contributed by atoms with E-state index < -0.39 is 0 Å². The molecule has 2 rings (SSSR count). The van der Waals surface area contributed by atoms with E-state index in [1.807, 2.05) is 19.1 Å². The molecule has 0 aromatic heterocycles. The largest absolute Gasteiger partial charge is 0.487 e. The monoisotopic (exact) mass is 458 g/mol. The minimum absolute atomic E-state index is 0.101. The number of nitrogens with one attached hydrogen (secondary N) is 1. The van der Waals surface area contributed by atoms with Crippen LogP contribution in [0.2, 0.25) is 0 Å². The molecular weight excluding hydrogens is 444 g/mol. The maximum atomic E-state index is 12.3. The molecule has 1 heterocycles. The van der Waals surface area contributed by atoms with Crippen LogP contribution in [0.5, 0.6) is 5.75 Å². The highest BCUT2D eigenvalue weighted by Gasteiger charge is 2.29. The Morgan fingerprint density at radius 3 is 2.61 bits per heavy atom. The van der Waals surface area contributed by atoms with Crippen LogP contribution in [0.25, 0.3) is 6.08 Å². The van der Waals surface area contributed by atoms with Crippen LogP contribution in [0.1, 0.15) is 18.9 Å². The summed E-state index contributed by atoms with van der Waals surface area (Å²) in [6.45, 7) is 6.67. The molecule has 1 aliphatic heterocycles. The molecular formula is C16H16Br2N2O2S. The van der Waals surface area contributed by atoms with Crippen LogP contribution in [-0.4, -0.2) is 29.1 Å². The summed E-state index contributed by atoms with van der Waals surface area (Å²) in [6.07, 6.45) is 4.31. The second kappa shape index (κ2) is 8.08. The number of halogens is 2. The van der Waals surface area contributed by atoms with E-state index in [9.17, 15) is 4.79 Å². The Bertz CT molecular complexity index is 666. The first-order chi connectivity index (χ1) is 11.0. The van der Waals surface area contributed by atoms with E-state index in [0.29, 0.717) is 29.7 Å². The molecule has 1 aromatic carbocycles. The molecule has 1 N–H and O–H groups in total. The Labute approximate surface area is 157 Å². The quantitative estimate of drug-likeness (QED) is 0.392. The van der Waals surface area contributed by atoms with Crippen LogP contribution in [0.15, 0.2) is 39.4 Å². The molecule has 122 valence electrons. The second-order valence-corrected chi connectivity index (χ2v) is 6.95. The molecule has 0 bridgehead atoms. The van der Waals surface area contributed by atoms with Crippen molar-refractivity contribution in [3.05, 3.63) is 45.0 Å². The van der Waals surface area contributed by atoms with Gasteiger partial charge in [-0.25, -0.2) is 0 Å². The Morgan fingerprint density at radius 2 is 2.04 bits per heavy atom. The van der Waals surface area contributed by atoms with Gasteiger partial charge in [-0.15, -0.1) is 0 Å². The summed E-state index contributed by atoms with van der Waals surface area (Å²) in [4.78, 5) is 13.9. The highest BCUT2D eigenvalue weighted by Crippen LogP contribution is 2.35. The molecule has 1 fully saturated rings. The molecule has 0 atom stereocenters. The van der Waals surface area contributed by atoms with E-state index in [1.165, 1.54) is 0 Å². The smallest absolute Gasteiger partial charge is 0.276 e. The van der Waals surface area contributed by atoms with E-state index in [-0.39, 0.29) is 5.91 Å². The summed E-state index contributed by atoms with van der Waals surface area (Å²) in [6, 6.07) is 3.77. The summed E-state index contributed by atoms with van der Waals surface area (Å²) in [7, 11) is 0. The van der Waals surface area contributed by atoms with Crippen LogP contribution >= 0.6 is 44.1 Å². The minimum atomic E-state index is -0.101. The van der Waals surface area contributed by atoms with Crippen molar-refractivity contribution in [3.63, 3.8) is 0 Å². The molecule has 1 aromatic rings. The van der Waals surface area contributed by atoms with Gasteiger partial charge in [0.25, 0.3) is 5.91 Å². The van der Waals surface area contributed by atoms with Crippen LogP contribution in [0, 0.1) is 0 Å². The second-order valence-electron chi connectivity index (χ2n) is 4.86. The van der Waals surface area contributed by atoms with Gasteiger partial charge in [0, 0.05) is 6.54 Å². The lowest BCUT2D eigenvalue weighted by Gasteiger charge is -2.11. The molecule has 0 spiro atoms. The maximum absolute atomic E-state index is 12.3. The van der Waals surface area contributed by atoms with E-state index in [2.05, 4.69) is 43.8 Å². The van der Waals surface area contributed by atoms with Crippen LogP contribution in [0.3, 0.4) is 0 Å². The molecule has 7 heteroatoms. The van der Waals surface area contributed by atoms with Gasteiger partial charge in [-0.1, -0.05) is 19.6 Å². The first-order valence-electron chi connectivity index (χ1n) is 7.05. The molecule has 0 unspecified atom stereocenters. The Kier molecular flexibility index (Phi) is 6.38. The topological polar surface area (TPSA) is 41.6 Å².